The van der Waals surface area contributed by atoms with Gasteiger partial charge in [-0.1, -0.05) is 0 Å². The molecule has 0 aliphatic heterocycles. The summed E-state index contributed by atoms with van der Waals surface area (Å²) in [4.78, 5) is 14.6. The summed E-state index contributed by atoms with van der Waals surface area (Å²) >= 11 is 0. The minimum absolute atomic E-state index is 0.0401. The van der Waals surface area contributed by atoms with Crippen molar-refractivity contribution in [2.24, 2.45) is 0 Å². The van der Waals surface area contributed by atoms with Crippen LogP contribution >= 0.6 is 0 Å². The number of hydroxylamine groups is 1. The number of nitrogens with one attached hydrogen (secondary N) is 1. The van der Waals surface area contributed by atoms with Gasteiger partial charge in [0.05, 0.1) is 0 Å². The van der Waals surface area contributed by atoms with Crippen molar-refractivity contribution < 1.29 is 27.9 Å². The molecule has 7 heteroatoms. The molecule has 0 bridgehead atoms. The number of hydrogen-bond acceptors (Lipinski definition) is 3. The summed E-state index contributed by atoms with van der Waals surface area (Å²) < 4.78 is 34.5. The summed E-state index contributed by atoms with van der Waals surface area (Å²) in [7, 11) is 0. The van der Waals surface area contributed by atoms with Gasteiger partial charge in [-0.3, -0.25) is 9.63 Å². The third-order valence-electron chi connectivity index (χ3n) is 1.23. The molecular weight excluding hydrogens is 203 g/mol. The lowest BCUT2D eigenvalue weighted by molar-refractivity contribution is -0.191. The van der Waals surface area contributed by atoms with Crippen LogP contribution in [-0.4, -0.2) is 30.4 Å². The topological polar surface area (TPSA) is 58.6 Å². The van der Waals surface area contributed by atoms with E-state index in [2.05, 4.69) is 4.84 Å². The first-order valence-corrected chi connectivity index (χ1v) is 4.04. The van der Waals surface area contributed by atoms with E-state index in [9.17, 15) is 18.0 Å². The lowest BCUT2D eigenvalue weighted by atomic mass is 10.2. The fraction of sp³-hybridized carbons (Fsp3) is 0.857. The van der Waals surface area contributed by atoms with E-state index >= 15 is 0 Å². The quantitative estimate of drug-likeness (QED) is 0.508. The van der Waals surface area contributed by atoms with Crippen molar-refractivity contribution in [2.75, 3.05) is 13.2 Å². The van der Waals surface area contributed by atoms with Crippen LogP contribution in [0.5, 0.6) is 0 Å². The number of alkyl halides is 3. The summed E-state index contributed by atoms with van der Waals surface area (Å²) in [5.41, 5.74) is 1.66. The Morgan fingerprint density at radius 1 is 1.36 bits per heavy atom. The first-order valence-electron chi connectivity index (χ1n) is 4.04. The van der Waals surface area contributed by atoms with E-state index in [-0.39, 0.29) is 13.0 Å². The van der Waals surface area contributed by atoms with Gasteiger partial charge in [0.1, 0.15) is 0 Å². The largest absolute Gasteiger partial charge is 0.414 e. The second-order valence-corrected chi connectivity index (χ2v) is 2.61. The van der Waals surface area contributed by atoms with Crippen LogP contribution < -0.4 is 5.48 Å². The molecule has 0 saturated carbocycles. The molecule has 0 aromatic carbocycles. The lowest BCUT2D eigenvalue weighted by Gasteiger charge is -2.07. The van der Waals surface area contributed by atoms with Crippen molar-refractivity contribution in [1.29, 1.82) is 0 Å². The fourth-order valence-electron chi connectivity index (χ4n) is 0.647. The van der Waals surface area contributed by atoms with Crippen LogP contribution in [0.1, 0.15) is 19.3 Å². The van der Waals surface area contributed by atoms with Crippen molar-refractivity contribution in [3.05, 3.63) is 0 Å². The van der Waals surface area contributed by atoms with Gasteiger partial charge >= 0.3 is 6.18 Å². The standard InChI is InChI=1S/C7H12F3NO3/c8-7(9,10)5-14-11-6(13)3-1-2-4-12/h12H,1-5H2,(H,11,13). The number of rotatable bonds is 6. The van der Waals surface area contributed by atoms with Crippen LogP contribution in [0, 0.1) is 0 Å². The Morgan fingerprint density at radius 3 is 2.50 bits per heavy atom. The number of aliphatic hydroxyl groups is 1. The monoisotopic (exact) mass is 215 g/mol. The van der Waals surface area contributed by atoms with E-state index in [0.717, 1.165) is 0 Å². The predicted molar refractivity (Wildman–Crippen MR) is 41.1 cm³/mol. The molecular formula is C7H12F3NO3. The van der Waals surface area contributed by atoms with Crippen LogP contribution in [0.2, 0.25) is 0 Å². The molecule has 4 nitrogen and oxygen atoms in total. The average molecular weight is 215 g/mol. The maximum Gasteiger partial charge on any atom is 0.414 e. The molecule has 0 unspecified atom stereocenters. The second kappa shape index (κ2) is 6.61. The number of carbonyl (C=O) groups is 1. The Kier molecular flexibility index (Phi) is 6.22. The minimum Gasteiger partial charge on any atom is -0.396 e. The molecule has 0 atom stereocenters. The third kappa shape index (κ3) is 9.27. The van der Waals surface area contributed by atoms with Gasteiger partial charge < -0.3 is 5.11 Å². The Bertz CT molecular complexity index is 172. The highest BCUT2D eigenvalue weighted by Gasteiger charge is 2.28. The zero-order valence-electron chi connectivity index (χ0n) is 7.43. The molecule has 0 heterocycles. The van der Waals surface area contributed by atoms with Gasteiger partial charge in [0.15, 0.2) is 6.61 Å². The normalized spacial score (nSPS) is 11.4. The maximum absolute atomic E-state index is 11.5. The molecule has 0 aliphatic carbocycles. The molecule has 0 aromatic heterocycles. The van der Waals surface area contributed by atoms with Gasteiger partial charge in [-0.25, -0.2) is 5.48 Å². The Balaban J connectivity index is 3.36. The van der Waals surface area contributed by atoms with E-state index in [1.165, 1.54) is 0 Å². The van der Waals surface area contributed by atoms with Crippen LogP contribution in [0.3, 0.4) is 0 Å². The fourth-order valence-corrected chi connectivity index (χ4v) is 0.647. The van der Waals surface area contributed by atoms with E-state index in [0.29, 0.717) is 12.8 Å². The summed E-state index contributed by atoms with van der Waals surface area (Å²) in [6.45, 7) is -1.55. The summed E-state index contributed by atoms with van der Waals surface area (Å²) in [5.74, 6) is -0.622. The second-order valence-electron chi connectivity index (χ2n) is 2.61. The van der Waals surface area contributed by atoms with Gasteiger partial charge in [0.25, 0.3) is 0 Å². The molecule has 0 spiro atoms. The van der Waals surface area contributed by atoms with Gasteiger partial charge in [-0.2, -0.15) is 13.2 Å². The number of unbranched alkanes of at least 4 members (excludes halogenated alkanes) is 1. The lowest BCUT2D eigenvalue weighted by Crippen LogP contribution is -2.29. The SMILES string of the molecule is O=C(CCCCO)NOCC(F)(F)F. The van der Waals surface area contributed by atoms with Gasteiger partial charge in [-0.05, 0) is 12.8 Å². The van der Waals surface area contributed by atoms with Crippen molar-refractivity contribution in [3.63, 3.8) is 0 Å². The van der Waals surface area contributed by atoms with Crippen LogP contribution in [-0.2, 0) is 9.63 Å². The van der Waals surface area contributed by atoms with Gasteiger partial charge in [0.2, 0.25) is 5.91 Å². The zero-order chi connectivity index (χ0) is 11.0. The maximum atomic E-state index is 11.5. The molecule has 0 fully saturated rings. The number of amides is 1. The number of hydrogen-bond donors (Lipinski definition) is 2. The molecule has 1 amide bonds. The van der Waals surface area contributed by atoms with Crippen LogP contribution in [0.25, 0.3) is 0 Å². The highest BCUT2D eigenvalue weighted by atomic mass is 19.4. The van der Waals surface area contributed by atoms with Crippen molar-refractivity contribution in [3.8, 4) is 0 Å². The van der Waals surface area contributed by atoms with Gasteiger partial charge in [-0.15, -0.1) is 0 Å². The van der Waals surface area contributed by atoms with E-state index in [4.69, 9.17) is 5.11 Å². The highest BCUT2D eigenvalue weighted by molar-refractivity contribution is 5.74. The van der Waals surface area contributed by atoms with Crippen LogP contribution in [0.4, 0.5) is 13.2 Å². The first kappa shape index (κ1) is 13.2. The average Bonchev–Trinajstić information content (AvgIpc) is 2.02. The van der Waals surface area contributed by atoms with E-state index in [1.54, 1.807) is 5.48 Å². The number of aliphatic hydroxyl groups excluding tert-OH is 1. The highest BCUT2D eigenvalue weighted by Crippen LogP contribution is 2.13. The van der Waals surface area contributed by atoms with Crippen molar-refractivity contribution >= 4 is 5.91 Å². The minimum atomic E-state index is -4.45. The number of carbonyl (C=O) groups excluding carboxylic acids is 1. The summed E-state index contributed by atoms with van der Waals surface area (Å²) in [5, 5.41) is 8.35. The molecule has 2 N–H and O–H groups in total. The molecule has 0 radical (unpaired) electrons. The Labute approximate surface area is 79.0 Å². The van der Waals surface area contributed by atoms with E-state index < -0.39 is 18.7 Å². The summed E-state index contributed by atoms with van der Waals surface area (Å²) in [6, 6.07) is 0. The molecule has 0 saturated heterocycles. The first-order chi connectivity index (χ1) is 6.45. The molecule has 0 aromatic rings. The van der Waals surface area contributed by atoms with E-state index in [1.807, 2.05) is 0 Å². The molecule has 0 rings (SSSR count). The van der Waals surface area contributed by atoms with Crippen molar-refractivity contribution in [1.82, 2.24) is 5.48 Å². The third-order valence-corrected chi connectivity index (χ3v) is 1.23. The molecule has 0 aliphatic rings. The molecule has 14 heavy (non-hydrogen) atoms. The van der Waals surface area contributed by atoms with Gasteiger partial charge in [0, 0.05) is 13.0 Å². The molecule has 84 valence electrons. The van der Waals surface area contributed by atoms with Crippen LogP contribution in [0.15, 0.2) is 0 Å². The van der Waals surface area contributed by atoms with Crippen molar-refractivity contribution in [2.45, 2.75) is 25.4 Å². The zero-order valence-corrected chi connectivity index (χ0v) is 7.43. The predicted octanol–water partition coefficient (Wildman–Crippen LogP) is 0.759. The Hall–Kier alpha value is -0.820. The smallest absolute Gasteiger partial charge is 0.396 e. The Morgan fingerprint density at radius 2 is 2.00 bits per heavy atom. The number of halogens is 3. The summed E-state index contributed by atoms with van der Waals surface area (Å²) in [6.07, 6.45) is -3.55.